The molecular weight excluding hydrogens is 484 g/mol. The van der Waals surface area contributed by atoms with E-state index in [2.05, 4.69) is 33.0 Å². The third-order valence-corrected chi connectivity index (χ3v) is 9.20. The smallest absolute Gasteiger partial charge is 0.237 e. The molecule has 6 atom stereocenters. The fraction of sp³-hybridized carbons (Fsp3) is 0.724. The molecule has 4 N–H and O–H groups in total. The third kappa shape index (κ3) is 8.19. The van der Waals surface area contributed by atoms with Crippen LogP contribution >= 0.6 is 11.8 Å². The van der Waals surface area contributed by atoms with E-state index in [0.717, 1.165) is 37.2 Å². The fourth-order valence-electron chi connectivity index (χ4n) is 6.14. The van der Waals surface area contributed by atoms with Crippen molar-refractivity contribution in [3.05, 3.63) is 30.3 Å². The molecular formula is C29H46N4O3S. The molecule has 1 saturated carbocycles. The Balaban J connectivity index is 1.47. The summed E-state index contributed by atoms with van der Waals surface area (Å²) in [4.78, 5) is 29.7. The summed E-state index contributed by atoms with van der Waals surface area (Å²) in [6.07, 6.45) is 6.78. The highest BCUT2D eigenvalue weighted by atomic mass is 32.2. The second-order valence-electron chi connectivity index (χ2n) is 12.2. The van der Waals surface area contributed by atoms with Gasteiger partial charge in [-0.3, -0.25) is 14.5 Å². The molecule has 3 aliphatic rings. The van der Waals surface area contributed by atoms with Gasteiger partial charge in [0.1, 0.15) is 0 Å². The lowest BCUT2D eigenvalue weighted by Crippen LogP contribution is -2.60. The van der Waals surface area contributed by atoms with E-state index < -0.39 is 12.1 Å². The number of likely N-dealkylation sites (tertiary alicyclic amines) is 1. The number of carbonyl (C=O) groups excluding carboxylic acids is 2. The monoisotopic (exact) mass is 530 g/mol. The summed E-state index contributed by atoms with van der Waals surface area (Å²) in [6, 6.07) is 9.24. The largest absolute Gasteiger partial charge is 0.390 e. The molecule has 4 rings (SSSR count). The molecule has 1 aliphatic carbocycles. The van der Waals surface area contributed by atoms with Gasteiger partial charge in [0.05, 0.1) is 24.2 Å². The number of fused-ring (bicyclic) bond motifs is 1. The number of thioether (sulfide) groups is 1. The van der Waals surface area contributed by atoms with Gasteiger partial charge >= 0.3 is 0 Å². The van der Waals surface area contributed by atoms with Crippen LogP contribution in [-0.2, 0) is 9.59 Å². The number of β-amino-alcohol motifs (C(OH)–C–C–N with tert-alkyl or cyclic N) is 1. The summed E-state index contributed by atoms with van der Waals surface area (Å²) in [5.74, 6) is 1.74. The van der Waals surface area contributed by atoms with Gasteiger partial charge in [0.2, 0.25) is 11.8 Å². The Labute approximate surface area is 226 Å². The first-order valence-corrected chi connectivity index (χ1v) is 15.1. The van der Waals surface area contributed by atoms with Crippen LogP contribution in [0.2, 0.25) is 0 Å². The van der Waals surface area contributed by atoms with Crippen molar-refractivity contribution in [2.75, 3.05) is 25.4 Å². The van der Waals surface area contributed by atoms with Gasteiger partial charge < -0.3 is 21.1 Å². The molecule has 6 unspecified atom stereocenters. The fourth-order valence-corrected chi connectivity index (χ4v) is 7.16. The number of benzene rings is 1. The molecule has 2 amide bonds. The average Bonchev–Trinajstić information content (AvgIpc) is 3.41. The van der Waals surface area contributed by atoms with Gasteiger partial charge in [0.15, 0.2) is 0 Å². The number of piperidine rings is 1. The van der Waals surface area contributed by atoms with Crippen LogP contribution in [0.25, 0.3) is 0 Å². The first kappa shape index (κ1) is 28.4. The molecule has 2 saturated heterocycles. The minimum Gasteiger partial charge on any atom is -0.390 e. The number of carbonyl (C=O) groups is 2. The zero-order valence-corrected chi connectivity index (χ0v) is 23.6. The zero-order chi connectivity index (χ0) is 26.4. The van der Waals surface area contributed by atoms with Crippen LogP contribution in [0.3, 0.4) is 0 Å². The molecule has 2 heterocycles. The molecule has 206 valence electrons. The molecule has 0 aromatic heterocycles. The average molecular weight is 531 g/mol. The Hall–Kier alpha value is -1.61. The first-order valence-electron chi connectivity index (χ1n) is 14.2. The van der Waals surface area contributed by atoms with Crippen molar-refractivity contribution >= 4 is 23.6 Å². The van der Waals surface area contributed by atoms with Gasteiger partial charge in [0, 0.05) is 29.3 Å². The predicted octanol–water partition coefficient (Wildman–Crippen LogP) is 3.17. The van der Waals surface area contributed by atoms with Crippen LogP contribution in [0.15, 0.2) is 35.2 Å². The van der Waals surface area contributed by atoms with Crippen molar-refractivity contribution in [2.45, 2.75) is 100 Å². The molecule has 7 nitrogen and oxygen atoms in total. The van der Waals surface area contributed by atoms with E-state index in [-0.39, 0.29) is 29.4 Å². The summed E-state index contributed by atoms with van der Waals surface area (Å²) in [5, 5.41) is 21.2. The second-order valence-corrected chi connectivity index (χ2v) is 13.3. The number of amides is 2. The number of nitrogens with one attached hydrogen (secondary N) is 3. The second kappa shape index (κ2) is 13.0. The lowest BCUT2D eigenvalue weighted by atomic mass is 9.72. The number of rotatable bonds is 9. The van der Waals surface area contributed by atoms with Crippen molar-refractivity contribution in [3.8, 4) is 0 Å². The van der Waals surface area contributed by atoms with E-state index in [9.17, 15) is 14.7 Å². The number of aliphatic hydroxyl groups is 1. The maximum atomic E-state index is 13.4. The van der Waals surface area contributed by atoms with Crippen molar-refractivity contribution in [1.82, 2.24) is 20.9 Å². The molecule has 0 bridgehead atoms. The van der Waals surface area contributed by atoms with E-state index in [1.165, 1.54) is 25.7 Å². The normalized spacial score (nSPS) is 28.2. The number of aliphatic hydroxyl groups excluding tert-OH is 1. The predicted molar refractivity (Wildman–Crippen MR) is 149 cm³/mol. The van der Waals surface area contributed by atoms with E-state index in [1.54, 1.807) is 11.8 Å². The van der Waals surface area contributed by atoms with Crippen LogP contribution in [0, 0.1) is 11.8 Å². The minimum absolute atomic E-state index is 0.0387. The molecule has 0 spiro atoms. The maximum Gasteiger partial charge on any atom is 0.237 e. The van der Waals surface area contributed by atoms with Crippen LogP contribution in [0.1, 0.15) is 65.7 Å². The quantitative estimate of drug-likeness (QED) is 0.367. The highest BCUT2D eigenvalue weighted by Crippen LogP contribution is 2.39. The Morgan fingerprint density at radius 1 is 1.08 bits per heavy atom. The van der Waals surface area contributed by atoms with Gasteiger partial charge in [0.25, 0.3) is 0 Å². The van der Waals surface area contributed by atoms with E-state index in [4.69, 9.17) is 0 Å². The summed E-state index contributed by atoms with van der Waals surface area (Å²) in [6.45, 7) is 8.11. The van der Waals surface area contributed by atoms with Crippen LogP contribution < -0.4 is 16.0 Å². The lowest BCUT2D eigenvalue weighted by Gasteiger charge is -2.47. The zero-order valence-electron chi connectivity index (χ0n) is 22.7. The van der Waals surface area contributed by atoms with Crippen molar-refractivity contribution in [2.24, 2.45) is 11.8 Å². The van der Waals surface area contributed by atoms with Gasteiger partial charge in [-0.2, -0.15) is 0 Å². The van der Waals surface area contributed by atoms with Gasteiger partial charge in [-0.25, -0.2) is 0 Å². The minimum atomic E-state index is -0.772. The van der Waals surface area contributed by atoms with E-state index in [0.29, 0.717) is 24.1 Å². The number of hydrogen-bond acceptors (Lipinski definition) is 6. The lowest BCUT2D eigenvalue weighted by molar-refractivity contribution is -0.133. The van der Waals surface area contributed by atoms with E-state index >= 15 is 0 Å². The van der Waals surface area contributed by atoms with Crippen molar-refractivity contribution in [1.29, 1.82) is 0 Å². The first-order chi connectivity index (χ1) is 17.7. The van der Waals surface area contributed by atoms with Gasteiger partial charge in [-0.15, -0.1) is 11.8 Å². The molecule has 37 heavy (non-hydrogen) atoms. The standard InChI is InChI=1S/C29H46N4O3S/c1-29(2,3)32-28(36)25-16-20-10-7-8-11-21(20)17-33(25)18-26(34)24(19-37-22-12-5-4-6-13-22)31-27(35)23-14-9-15-30-23/h4-6,12-13,20-21,23-26,30,34H,7-11,14-19H2,1-3H3,(H,31,35)(H,32,36). The Kier molecular flexibility index (Phi) is 9.95. The maximum absolute atomic E-state index is 13.4. The Bertz CT molecular complexity index is 887. The summed E-state index contributed by atoms with van der Waals surface area (Å²) < 4.78 is 0. The highest BCUT2D eigenvalue weighted by Gasteiger charge is 2.42. The van der Waals surface area contributed by atoms with Crippen molar-refractivity contribution in [3.63, 3.8) is 0 Å². The van der Waals surface area contributed by atoms with E-state index in [1.807, 2.05) is 39.0 Å². The Morgan fingerprint density at radius 2 is 1.81 bits per heavy atom. The molecule has 1 aromatic rings. The molecule has 8 heteroatoms. The van der Waals surface area contributed by atoms with Gasteiger partial charge in [-0.1, -0.05) is 37.5 Å². The number of hydrogen-bond donors (Lipinski definition) is 4. The van der Waals surface area contributed by atoms with Crippen molar-refractivity contribution < 1.29 is 14.7 Å². The number of nitrogens with zero attached hydrogens (tertiary/aromatic N) is 1. The SMILES string of the molecule is CC(C)(C)NC(=O)C1CC2CCCCC2CN1CC(O)C(CSc1ccccc1)NC(=O)C1CCCN1. The summed E-state index contributed by atoms with van der Waals surface area (Å²) >= 11 is 1.64. The Morgan fingerprint density at radius 3 is 2.49 bits per heavy atom. The molecule has 3 fully saturated rings. The topological polar surface area (TPSA) is 93.7 Å². The molecule has 0 radical (unpaired) electrons. The van der Waals surface area contributed by atoms with Crippen LogP contribution in [0.4, 0.5) is 0 Å². The van der Waals surface area contributed by atoms with Crippen LogP contribution in [0.5, 0.6) is 0 Å². The summed E-state index contributed by atoms with van der Waals surface area (Å²) in [5.41, 5.74) is -0.304. The highest BCUT2D eigenvalue weighted by molar-refractivity contribution is 7.99. The van der Waals surface area contributed by atoms with Crippen LogP contribution in [-0.4, -0.2) is 77.0 Å². The summed E-state index contributed by atoms with van der Waals surface area (Å²) in [7, 11) is 0. The van der Waals surface area contributed by atoms with Gasteiger partial charge in [-0.05, 0) is 77.0 Å². The third-order valence-electron chi connectivity index (χ3n) is 8.07. The molecule has 2 aliphatic heterocycles. The molecule has 1 aromatic carbocycles.